The van der Waals surface area contributed by atoms with Gasteiger partial charge in [-0.05, 0) is 112 Å². The van der Waals surface area contributed by atoms with Crippen LogP contribution in [0.4, 0.5) is 10.5 Å². The lowest BCUT2D eigenvalue weighted by Crippen LogP contribution is -2.48. The molecule has 2 amide bonds. The fourth-order valence-electron chi connectivity index (χ4n) is 6.75. The van der Waals surface area contributed by atoms with Crippen molar-refractivity contribution in [2.75, 3.05) is 5.32 Å². The summed E-state index contributed by atoms with van der Waals surface area (Å²) < 4.78 is 5.35. The molecule has 0 radical (unpaired) electrons. The van der Waals surface area contributed by atoms with Crippen LogP contribution in [0.5, 0.6) is 0 Å². The van der Waals surface area contributed by atoms with E-state index in [4.69, 9.17) is 4.74 Å². The van der Waals surface area contributed by atoms with Crippen molar-refractivity contribution in [3.05, 3.63) is 29.8 Å². The highest BCUT2D eigenvalue weighted by atomic mass is 16.6. The summed E-state index contributed by atoms with van der Waals surface area (Å²) in [5.74, 6) is 2.80. The molecule has 5 rings (SSSR count). The van der Waals surface area contributed by atoms with Gasteiger partial charge in [-0.3, -0.25) is 4.79 Å². The summed E-state index contributed by atoms with van der Waals surface area (Å²) >= 11 is 0. The van der Waals surface area contributed by atoms with E-state index in [9.17, 15) is 9.59 Å². The maximum atomic E-state index is 13.0. The Kier molecular flexibility index (Phi) is 6.30. The number of carbonyl (C=O) groups excluding carboxylic acids is 2. The van der Waals surface area contributed by atoms with Crippen LogP contribution in [-0.2, 0) is 14.9 Å². The minimum Gasteiger partial charge on any atom is -0.444 e. The number of hydrogen-bond donors (Lipinski definition) is 2. The van der Waals surface area contributed by atoms with Gasteiger partial charge in [0.1, 0.15) is 11.6 Å². The van der Waals surface area contributed by atoms with E-state index in [1.807, 2.05) is 46.8 Å². The second-order valence-corrected chi connectivity index (χ2v) is 12.1. The zero-order valence-corrected chi connectivity index (χ0v) is 20.4. The van der Waals surface area contributed by atoms with Gasteiger partial charge in [0, 0.05) is 5.69 Å². The smallest absolute Gasteiger partial charge is 0.408 e. The summed E-state index contributed by atoms with van der Waals surface area (Å²) in [6.07, 6.45) is 8.31. The lowest BCUT2D eigenvalue weighted by atomic mass is 9.48. The molecule has 0 spiro atoms. The maximum Gasteiger partial charge on any atom is 0.408 e. The molecule has 1 unspecified atom stereocenters. The van der Waals surface area contributed by atoms with Gasteiger partial charge in [0.15, 0.2) is 0 Å². The van der Waals surface area contributed by atoms with Crippen LogP contribution in [0.25, 0.3) is 0 Å². The molecule has 0 aromatic heterocycles. The monoisotopic (exact) mass is 440 g/mol. The largest absolute Gasteiger partial charge is 0.444 e. The number of carbonyl (C=O) groups is 2. The number of rotatable bonds is 6. The Hall–Kier alpha value is -2.04. The molecule has 4 bridgehead atoms. The van der Waals surface area contributed by atoms with Crippen molar-refractivity contribution in [1.82, 2.24) is 5.32 Å². The third kappa shape index (κ3) is 5.29. The topological polar surface area (TPSA) is 67.4 Å². The Morgan fingerprint density at radius 3 is 2.00 bits per heavy atom. The number of amides is 2. The predicted octanol–water partition coefficient (Wildman–Crippen LogP) is 6.03. The quantitative estimate of drug-likeness (QED) is 0.567. The van der Waals surface area contributed by atoms with Gasteiger partial charge in [-0.2, -0.15) is 0 Å². The standard InChI is InChI=1S/C27H40N2O3/c1-17(2)10-23(29-25(31)32-26(3,4)5)24(30)28-22-8-6-21(7-9-22)27-14-18-11-19(15-27)13-20(12-18)16-27/h6-9,17-20,23H,10-16H2,1-5H3,(H,28,30)(H,29,31). The van der Waals surface area contributed by atoms with E-state index in [0.717, 1.165) is 23.4 Å². The number of nitrogens with one attached hydrogen (secondary N) is 2. The number of anilines is 1. The first kappa shape index (κ1) is 23.1. The van der Waals surface area contributed by atoms with Crippen molar-refractivity contribution in [3.63, 3.8) is 0 Å². The minimum atomic E-state index is -0.632. The molecule has 5 heteroatoms. The summed E-state index contributed by atoms with van der Waals surface area (Å²) in [7, 11) is 0. The van der Waals surface area contributed by atoms with E-state index in [-0.39, 0.29) is 11.8 Å². The molecule has 0 heterocycles. The molecule has 1 atom stereocenters. The predicted molar refractivity (Wildman–Crippen MR) is 128 cm³/mol. The highest BCUT2D eigenvalue weighted by molar-refractivity contribution is 5.96. The van der Waals surface area contributed by atoms with Crippen molar-refractivity contribution in [1.29, 1.82) is 0 Å². The molecule has 2 N–H and O–H groups in total. The zero-order valence-electron chi connectivity index (χ0n) is 20.4. The highest BCUT2D eigenvalue weighted by Crippen LogP contribution is 2.60. The first-order chi connectivity index (χ1) is 15.0. The van der Waals surface area contributed by atoms with E-state index < -0.39 is 17.7 Å². The van der Waals surface area contributed by atoms with Gasteiger partial charge < -0.3 is 15.4 Å². The SMILES string of the molecule is CC(C)CC(NC(=O)OC(C)(C)C)C(=O)Nc1ccc(C23CC4CC(CC(C4)C2)C3)cc1. The molecule has 176 valence electrons. The van der Waals surface area contributed by atoms with Gasteiger partial charge in [0.05, 0.1) is 0 Å². The molecule has 32 heavy (non-hydrogen) atoms. The lowest BCUT2D eigenvalue weighted by molar-refractivity contribution is -0.118. The first-order valence-electron chi connectivity index (χ1n) is 12.4. The van der Waals surface area contributed by atoms with Crippen molar-refractivity contribution in [3.8, 4) is 0 Å². The first-order valence-corrected chi connectivity index (χ1v) is 12.4. The Morgan fingerprint density at radius 2 is 1.53 bits per heavy atom. The van der Waals surface area contributed by atoms with Crippen LogP contribution < -0.4 is 10.6 Å². The van der Waals surface area contributed by atoms with Crippen LogP contribution in [0.1, 0.15) is 85.1 Å². The Morgan fingerprint density at radius 1 is 1.00 bits per heavy atom. The van der Waals surface area contributed by atoms with E-state index >= 15 is 0 Å². The Balaban J connectivity index is 1.41. The third-order valence-electron chi connectivity index (χ3n) is 7.52. The lowest BCUT2D eigenvalue weighted by Gasteiger charge is -2.57. The fourth-order valence-corrected chi connectivity index (χ4v) is 6.75. The van der Waals surface area contributed by atoms with E-state index in [2.05, 4.69) is 22.8 Å². The summed E-state index contributed by atoms with van der Waals surface area (Å²) in [6.45, 7) is 9.52. The molecular formula is C27H40N2O3. The van der Waals surface area contributed by atoms with Crippen molar-refractivity contribution < 1.29 is 14.3 Å². The van der Waals surface area contributed by atoms with E-state index in [1.54, 1.807) is 0 Å². The van der Waals surface area contributed by atoms with E-state index in [0.29, 0.717) is 11.8 Å². The fraction of sp³-hybridized carbons (Fsp3) is 0.704. The van der Waals surface area contributed by atoms with Crippen molar-refractivity contribution in [2.45, 2.75) is 96.6 Å². The van der Waals surface area contributed by atoms with Crippen LogP contribution in [0.2, 0.25) is 0 Å². The van der Waals surface area contributed by atoms with Gasteiger partial charge in [-0.1, -0.05) is 26.0 Å². The molecular weight excluding hydrogens is 400 g/mol. The van der Waals surface area contributed by atoms with Crippen LogP contribution >= 0.6 is 0 Å². The van der Waals surface area contributed by atoms with Gasteiger partial charge >= 0.3 is 6.09 Å². The molecule has 4 saturated carbocycles. The second-order valence-electron chi connectivity index (χ2n) is 12.1. The maximum absolute atomic E-state index is 13.0. The van der Waals surface area contributed by atoms with Crippen LogP contribution in [0.3, 0.4) is 0 Å². The molecule has 5 nitrogen and oxygen atoms in total. The van der Waals surface area contributed by atoms with Gasteiger partial charge in [-0.25, -0.2) is 4.79 Å². The van der Waals surface area contributed by atoms with Crippen LogP contribution in [-0.4, -0.2) is 23.6 Å². The third-order valence-corrected chi connectivity index (χ3v) is 7.52. The average Bonchev–Trinajstić information content (AvgIpc) is 2.65. The Bertz CT molecular complexity index is 802. The van der Waals surface area contributed by atoms with Crippen molar-refractivity contribution in [2.24, 2.45) is 23.7 Å². The number of alkyl carbamates (subject to hydrolysis) is 1. The molecule has 4 aliphatic rings. The van der Waals surface area contributed by atoms with Gasteiger partial charge in [0.2, 0.25) is 5.91 Å². The zero-order chi connectivity index (χ0) is 23.1. The Labute approximate surface area is 193 Å². The number of ether oxygens (including phenoxy) is 1. The summed E-state index contributed by atoms with van der Waals surface area (Å²) in [5.41, 5.74) is 1.98. The molecule has 1 aromatic carbocycles. The van der Waals surface area contributed by atoms with E-state index in [1.165, 1.54) is 44.1 Å². The number of benzene rings is 1. The normalized spacial score (nSPS) is 29.6. The highest BCUT2D eigenvalue weighted by Gasteiger charge is 2.51. The van der Waals surface area contributed by atoms with Crippen LogP contribution in [0, 0.1) is 23.7 Å². The van der Waals surface area contributed by atoms with Crippen molar-refractivity contribution >= 4 is 17.7 Å². The summed E-state index contributed by atoms with van der Waals surface area (Å²) in [6, 6.07) is 7.88. The molecule has 4 aliphatic carbocycles. The van der Waals surface area contributed by atoms with Gasteiger partial charge in [0.25, 0.3) is 0 Å². The molecule has 0 saturated heterocycles. The number of hydrogen-bond acceptors (Lipinski definition) is 3. The summed E-state index contributed by atoms with van der Waals surface area (Å²) in [5, 5.41) is 5.76. The summed E-state index contributed by atoms with van der Waals surface area (Å²) in [4.78, 5) is 25.2. The minimum absolute atomic E-state index is 0.202. The van der Waals surface area contributed by atoms with Crippen LogP contribution in [0.15, 0.2) is 24.3 Å². The van der Waals surface area contributed by atoms with Gasteiger partial charge in [-0.15, -0.1) is 0 Å². The molecule has 0 aliphatic heterocycles. The second kappa shape index (κ2) is 8.72. The average molecular weight is 441 g/mol. The molecule has 4 fully saturated rings. The molecule has 1 aromatic rings.